The van der Waals surface area contributed by atoms with Crippen LogP contribution in [0.4, 0.5) is 8.78 Å². The molecule has 0 amide bonds. The quantitative estimate of drug-likeness (QED) is 0.574. The highest BCUT2D eigenvalue weighted by atomic mass is 35.5. The van der Waals surface area contributed by atoms with Crippen LogP contribution in [0.1, 0.15) is 52.2 Å². The van der Waals surface area contributed by atoms with Crippen LogP contribution in [0, 0.1) is 11.6 Å². The summed E-state index contributed by atoms with van der Waals surface area (Å²) in [6.07, 6.45) is 0.591. The van der Waals surface area contributed by atoms with Gasteiger partial charge < -0.3 is 4.74 Å². The number of hydrogen-bond donors (Lipinski definition) is 0. The Bertz CT molecular complexity index is 748. The maximum Gasteiger partial charge on any atom is 0.129 e. The van der Waals surface area contributed by atoms with Crippen LogP contribution in [0.5, 0.6) is 5.75 Å². The number of halogens is 3. The van der Waals surface area contributed by atoms with Crippen LogP contribution in [0.25, 0.3) is 0 Å². The van der Waals surface area contributed by atoms with E-state index < -0.39 is 17.0 Å². The Balaban J connectivity index is 2.03. The zero-order valence-corrected chi connectivity index (χ0v) is 16.2. The molecule has 4 heteroatoms. The van der Waals surface area contributed by atoms with Crippen molar-refractivity contribution in [2.75, 3.05) is 6.61 Å². The van der Waals surface area contributed by atoms with E-state index in [4.69, 9.17) is 16.3 Å². The highest BCUT2D eigenvalue weighted by Crippen LogP contribution is 2.33. The second-order valence-corrected chi connectivity index (χ2v) is 8.41. The Kier molecular flexibility index (Phi) is 5.78. The first-order valence-electron chi connectivity index (χ1n) is 8.39. The average Bonchev–Trinajstić information content (AvgIpc) is 2.45. The van der Waals surface area contributed by atoms with Crippen molar-refractivity contribution in [3.05, 3.63) is 64.2 Å². The van der Waals surface area contributed by atoms with Crippen LogP contribution < -0.4 is 4.74 Å². The molecule has 0 unspecified atom stereocenters. The van der Waals surface area contributed by atoms with E-state index in [2.05, 4.69) is 20.8 Å². The van der Waals surface area contributed by atoms with Gasteiger partial charge in [-0.2, -0.15) is 0 Å². The third-order valence-electron chi connectivity index (χ3n) is 4.40. The van der Waals surface area contributed by atoms with E-state index in [9.17, 15) is 8.78 Å². The summed E-state index contributed by atoms with van der Waals surface area (Å²) < 4.78 is 32.9. The minimum absolute atomic E-state index is 0.0300. The van der Waals surface area contributed by atoms with Crippen molar-refractivity contribution in [1.29, 1.82) is 0 Å². The molecule has 2 rings (SSSR count). The smallest absolute Gasteiger partial charge is 0.129 e. The zero-order valence-electron chi connectivity index (χ0n) is 15.4. The Labute approximate surface area is 154 Å². The molecule has 0 saturated heterocycles. The molecule has 0 aromatic heterocycles. The van der Waals surface area contributed by atoms with Crippen molar-refractivity contribution < 1.29 is 13.5 Å². The minimum Gasteiger partial charge on any atom is -0.494 e. The van der Waals surface area contributed by atoms with Crippen LogP contribution in [0.15, 0.2) is 36.4 Å². The summed E-state index contributed by atoms with van der Waals surface area (Å²) in [6, 6.07) is 9.39. The van der Waals surface area contributed by atoms with Crippen LogP contribution in [-0.2, 0) is 10.8 Å². The van der Waals surface area contributed by atoms with Crippen molar-refractivity contribution in [1.82, 2.24) is 0 Å². The molecule has 0 spiro atoms. The number of benzene rings is 2. The predicted molar refractivity (Wildman–Crippen MR) is 99.6 cm³/mol. The summed E-state index contributed by atoms with van der Waals surface area (Å²) in [4.78, 5) is 0. The van der Waals surface area contributed by atoms with E-state index in [-0.39, 0.29) is 5.41 Å². The normalized spacial score (nSPS) is 12.3. The van der Waals surface area contributed by atoms with Crippen molar-refractivity contribution in [3.63, 3.8) is 0 Å². The van der Waals surface area contributed by atoms with Gasteiger partial charge in [0, 0.05) is 11.1 Å². The van der Waals surface area contributed by atoms with Gasteiger partial charge in [-0.05, 0) is 46.6 Å². The van der Waals surface area contributed by atoms with Gasteiger partial charge in [-0.25, -0.2) is 8.78 Å². The predicted octanol–water partition coefficient (Wildman–Crippen LogP) is 6.66. The third kappa shape index (κ3) is 4.94. The minimum atomic E-state index is -0.568. The molecule has 1 nitrogen and oxygen atoms in total. The summed E-state index contributed by atoms with van der Waals surface area (Å²) in [7, 11) is 0. The van der Waals surface area contributed by atoms with Gasteiger partial charge >= 0.3 is 0 Å². The van der Waals surface area contributed by atoms with E-state index in [1.165, 1.54) is 12.1 Å². The lowest BCUT2D eigenvalue weighted by atomic mass is 9.81. The van der Waals surface area contributed by atoms with Gasteiger partial charge in [-0.15, -0.1) is 0 Å². The van der Waals surface area contributed by atoms with Gasteiger partial charge in [0.25, 0.3) is 0 Å². The molecule has 0 atom stereocenters. The van der Waals surface area contributed by atoms with E-state index in [1.807, 2.05) is 32.0 Å². The first-order chi connectivity index (χ1) is 11.5. The maximum atomic E-state index is 14.0. The molecule has 0 heterocycles. The van der Waals surface area contributed by atoms with E-state index >= 15 is 0 Å². The molecule has 0 bridgehead atoms. The van der Waals surface area contributed by atoms with E-state index in [0.29, 0.717) is 29.4 Å². The van der Waals surface area contributed by atoms with Crippen LogP contribution in [0.2, 0.25) is 5.02 Å². The molecule has 2 aromatic carbocycles. The van der Waals surface area contributed by atoms with Crippen molar-refractivity contribution >= 4 is 11.6 Å². The summed E-state index contributed by atoms with van der Waals surface area (Å²) in [5.41, 5.74) is 1.05. The molecule has 2 aromatic rings. The van der Waals surface area contributed by atoms with Gasteiger partial charge in [-0.3, -0.25) is 0 Å². The number of hydrogen-bond acceptors (Lipinski definition) is 1. The summed E-state index contributed by atoms with van der Waals surface area (Å²) in [6.45, 7) is 10.6. The summed E-state index contributed by atoms with van der Waals surface area (Å²) in [5.74, 6) is -0.405. The molecule has 0 aliphatic carbocycles. The molecular formula is C21H25ClF2O. The molecule has 0 radical (unpaired) electrons. The lowest BCUT2D eigenvalue weighted by Gasteiger charge is -2.26. The molecule has 0 fully saturated rings. The fraction of sp³-hybridized carbons (Fsp3) is 0.429. The monoisotopic (exact) mass is 366 g/mol. The first-order valence-corrected chi connectivity index (χ1v) is 8.77. The molecule has 0 N–H and O–H groups in total. The van der Waals surface area contributed by atoms with Crippen LogP contribution in [0.3, 0.4) is 0 Å². The summed E-state index contributed by atoms with van der Waals surface area (Å²) >= 11 is 6.35. The maximum absolute atomic E-state index is 14.0. The highest BCUT2D eigenvalue weighted by molar-refractivity contribution is 6.31. The Hall–Kier alpha value is -1.61. The lowest BCUT2D eigenvalue weighted by Crippen LogP contribution is -2.22. The standard InChI is InChI=1S/C21H25ClF2O/c1-20(2,3)16-9-7-15(13-18(16)22)25-11-10-21(4,5)17-8-6-14(23)12-19(17)24/h6-9,12-13H,10-11H2,1-5H3. The second kappa shape index (κ2) is 7.33. The number of rotatable bonds is 5. The zero-order chi connectivity index (χ0) is 18.8. The fourth-order valence-electron chi connectivity index (χ4n) is 2.79. The van der Waals surface area contributed by atoms with Crippen molar-refractivity contribution in [2.24, 2.45) is 0 Å². The van der Waals surface area contributed by atoms with Crippen LogP contribution >= 0.6 is 11.6 Å². The van der Waals surface area contributed by atoms with E-state index in [0.717, 1.165) is 11.6 Å². The number of ether oxygens (including phenoxy) is 1. The molecular weight excluding hydrogens is 342 g/mol. The van der Waals surface area contributed by atoms with Crippen molar-refractivity contribution in [3.8, 4) is 5.75 Å². The second-order valence-electron chi connectivity index (χ2n) is 8.00. The molecule has 136 valence electrons. The molecule has 0 aliphatic heterocycles. The van der Waals surface area contributed by atoms with Gasteiger partial charge in [0.15, 0.2) is 0 Å². The third-order valence-corrected chi connectivity index (χ3v) is 4.72. The van der Waals surface area contributed by atoms with Gasteiger partial charge in [0.1, 0.15) is 17.4 Å². The van der Waals surface area contributed by atoms with Crippen LogP contribution in [-0.4, -0.2) is 6.61 Å². The molecule has 25 heavy (non-hydrogen) atoms. The summed E-state index contributed by atoms with van der Waals surface area (Å²) in [5, 5.41) is 0.675. The van der Waals surface area contributed by atoms with Gasteiger partial charge in [-0.1, -0.05) is 58.4 Å². The first kappa shape index (κ1) is 19.7. The van der Waals surface area contributed by atoms with Gasteiger partial charge in [0.2, 0.25) is 0 Å². The SMILES string of the molecule is CC(C)(C)c1ccc(OCCC(C)(C)c2ccc(F)cc2F)cc1Cl. The Morgan fingerprint density at radius 1 is 0.920 bits per heavy atom. The topological polar surface area (TPSA) is 9.23 Å². The Morgan fingerprint density at radius 3 is 2.12 bits per heavy atom. The molecule has 0 saturated carbocycles. The fourth-order valence-corrected chi connectivity index (χ4v) is 3.24. The Morgan fingerprint density at radius 2 is 1.56 bits per heavy atom. The average molecular weight is 367 g/mol. The highest BCUT2D eigenvalue weighted by Gasteiger charge is 2.24. The van der Waals surface area contributed by atoms with Gasteiger partial charge in [0.05, 0.1) is 6.61 Å². The largest absolute Gasteiger partial charge is 0.494 e. The van der Waals surface area contributed by atoms with Crippen molar-refractivity contribution in [2.45, 2.75) is 51.9 Å². The molecule has 0 aliphatic rings. The van der Waals surface area contributed by atoms with E-state index in [1.54, 1.807) is 0 Å². The lowest BCUT2D eigenvalue weighted by molar-refractivity contribution is 0.270.